The SMILES string of the molecule is CCC(C)CC(C)Nc1ccnc2cc(Cl)ccc12. The van der Waals surface area contributed by atoms with E-state index in [9.17, 15) is 0 Å². The van der Waals surface area contributed by atoms with Gasteiger partial charge in [0.1, 0.15) is 0 Å². The van der Waals surface area contributed by atoms with E-state index in [4.69, 9.17) is 11.6 Å². The van der Waals surface area contributed by atoms with Crippen LogP contribution in [0.5, 0.6) is 0 Å². The fourth-order valence-electron chi connectivity index (χ4n) is 2.34. The van der Waals surface area contributed by atoms with E-state index >= 15 is 0 Å². The summed E-state index contributed by atoms with van der Waals surface area (Å²) in [4.78, 5) is 4.36. The molecule has 102 valence electrons. The van der Waals surface area contributed by atoms with Gasteiger partial charge in [-0.3, -0.25) is 4.98 Å². The minimum Gasteiger partial charge on any atom is -0.382 e. The van der Waals surface area contributed by atoms with Gasteiger partial charge >= 0.3 is 0 Å². The van der Waals surface area contributed by atoms with Crippen LogP contribution in [-0.4, -0.2) is 11.0 Å². The third-order valence-corrected chi connectivity index (χ3v) is 3.79. The number of hydrogen-bond donors (Lipinski definition) is 1. The van der Waals surface area contributed by atoms with Crippen LogP contribution < -0.4 is 5.32 Å². The number of anilines is 1. The van der Waals surface area contributed by atoms with E-state index in [0.717, 1.165) is 27.5 Å². The Bertz CT molecular complexity index is 553. The molecule has 0 aliphatic rings. The first-order valence-electron chi connectivity index (χ1n) is 6.91. The molecule has 0 saturated carbocycles. The summed E-state index contributed by atoms with van der Waals surface area (Å²) < 4.78 is 0. The number of aromatic nitrogens is 1. The third-order valence-electron chi connectivity index (χ3n) is 3.56. The second kappa shape index (κ2) is 6.25. The maximum atomic E-state index is 6.00. The predicted molar refractivity (Wildman–Crippen MR) is 83.9 cm³/mol. The summed E-state index contributed by atoms with van der Waals surface area (Å²) in [5.41, 5.74) is 2.07. The van der Waals surface area contributed by atoms with E-state index in [0.29, 0.717) is 6.04 Å². The Labute approximate surface area is 120 Å². The molecule has 0 radical (unpaired) electrons. The maximum absolute atomic E-state index is 6.00. The first-order chi connectivity index (χ1) is 9.10. The molecule has 1 aromatic carbocycles. The van der Waals surface area contributed by atoms with Gasteiger partial charge in [-0.25, -0.2) is 0 Å². The summed E-state index contributed by atoms with van der Waals surface area (Å²) >= 11 is 6.00. The van der Waals surface area contributed by atoms with Crippen LogP contribution in [0.1, 0.15) is 33.6 Å². The molecule has 2 aromatic rings. The van der Waals surface area contributed by atoms with Crippen molar-refractivity contribution in [1.29, 1.82) is 0 Å². The summed E-state index contributed by atoms with van der Waals surface area (Å²) in [7, 11) is 0. The lowest BCUT2D eigenvalue weighted by molar-refractivity contribution is 0.484. The van der Waals surface area contributed by atoms with Gasteiger partial charge in [0.15, 0.2) is 0 Å². The van der Waals surface area contributed by atoms with Crippen molar-refractivity contribution in [1.82, 2.24) is 4.98 Å². The van der Waals surface area contributed by atoms with E-state index in [1.165, 1.54) is 12.8 Å². The molecule has 2 atom stereocenters. The standard InChI is InChI=1S/C16H21ClN2/c1-4-11(2)9-12(3)19-15-7-8-18-16-10-13(17)5-6-14(15)16/h5-8,10-12H,4,9H2,1-3H3,(H,18,19). The molecule has 0 bridgehead atoms. The maximum Gasteiger partial charge on any atom is 0.0737 e. The van der Waals surface area contributed by atoms with Crippen molar-refractivity contribution in [2.45, 2.75) is 39.7 Å². The lowest BCUT2D eigenvalue weighted by Gasteiger charge is -2.19. The molecule has 1 heterocycles. The van der Waals surface area contributed by atoms with E-state index < -0.39 is 0 Å². The zero-order valence-corrected chi connectivity index (χ0v) is 12.5. The number of fused-ring (bicyclic) bond motifs is 1. The third kappa shape index (κ3) is 3.60. The van der Waals surface area contributed by atoms with Crippen molar-refractivity contribution in [2.75, 3.05) is 5.32 Å². The van der Waals surface area contributed by atoms with Gasteiger partial charge in [-0.2, -0.15) is 0 Å². The van der Waals surface area contributed by atoms with Crippen molar-refractivity contribution < 1.29 is 0 Å². The Morgan fingerprint density at radius 3 is 2.79 bits per heavy atom. The highest BCUT2D eigenvalue weighted by molar-refractivity contribution is 6.31. The first kappa shape index (κ1) is 14.1. The van der Waals surface area contributed by atoms with Crippen LogP contribution in [0.25, 0.3) is 10.9 Å². The Balaban J connectivity index is 2.21. The van der Waals surface area contributed by atoms with E-state index in [1.54, 1.807) is 0 Å². The Hall–Kier alpha value is -1.28. The van der Waals surface area contributed by atoms with Crippen molar-refractivity contribution in [3.63, 3.8) is 0 Å². The van der Waals surface area contributed by atoms with Gasteiger partial charge in [0, 0.05) is 28.3 Å². The lowest BCUT2D eigenvalue weighted by Crippen LogP contribution is -2.18. The molecule has 2 nitrogen and oxygen atoms in total. The van der Waals surface area contributed by atoms with Crippen LogP contribution >= 0.6 is 11.6 Å². The molecular formula is C16H21ClN2. The number of benzene rings is 1. The van der Waals surface area contributed by atoms with Gasteiger partial charge in [-0.15, -0.1) is 0 Å². The molecule has 0 aliphatic heterocycles. The number of halogens is 1. The lowest BCUT2D eigenvalue weighted by atomic mass is 10.00. The molecule has 2 unspecified atom stereocenters. The molecule has 19 heavy (non-hydrogen) atoms. The molecule has 3 heteroatoms. The van der Waals surface area contributed by atoms with Crippen LogP contribution in [0.3, 0.4) is 0 Å². The van der Waals surface area contributed by atoms with E-state index in [-0.39, 0.29) is 0 Å². The van der Waals surface area contributed by atoms with Crippen molar-refractivity contribution >= 4 is 28.2 Å². The molecule has 0 saturated heterocycles. The van der Waals surface area contributed by atoms with Crippen LogP contribution in [0.2, 0.25) is 5.02 Å². The summed E-state index contributed by atoms with van der Waals surface area (Å²) in [5, 5.41) is 5.44. The zero-order chi connectivity index (χ0) is 13.8. The summed E-state index contributed by atoms with van der Waals surface area (Å²) in [6.07, 6.45) is 4.23. The number of pyridine rings is 1. The zero-order valence-electron chi connectivity index (χ0n) is 11.8. The summed E-state index contributed by atoms with van der Waals surface area (Å²) in [6.45, 7) is 6.76. The van der Waals surface area contributed by atoms with Crippen LogP contribution in [0.15, 0.2) is 30.5 Å². The van der Waals surface area contributed by atoms with Crippen LogP contribution in [0, 0.1) is 5.92 Å². The smallest absolute Gasteiger partial charge is 0.0737 e. The highest BCUT2D eigenvalue weighted by Gasteiger charge is 2.09. The molecule has 1 N–H and O–H groups in total. The normalized spacial score (nSPS) is 14.3. The quantitative estimate of drug-likeness (QED) is 0.819. The summed E-state index contributed by atoms with van der Waals surface area (Å²) in [5.74, 6) is 0.741. The molecule has 0 amide bonds. The average molecular weight is 277 g/mol. The molecule has 2 rings (SSSR count). The van der Waals surface area contributed by atoms with E-state index in [1.807, 2.05) is 30.5 Å². The van der Waals surface area contributed by atoms with Gasteiger partial charge < -0.3 is 5.32 Å². The predicted octanol–water partition coefficient (Wildman–Crippen LogP) is 5.12. The molecule has 0 spiro atoms. The van der Waals surface area contributed by atoms with Gasteiger partial charge in [0.25, 0.3) is 0 Å². The first-order valence-corrected chi connectivity index (χ1v) is 7.28. The van der Waals surface area contributed by atoms with Crippen molar-refractivity contribution in [3.8, 4) is 0 Å². The largest absolute Gasteiger partial charge is 0.382 e. The second-order valence-corrected chi connectivity index (χ2v) is 5.75. The Kier molecular flexibility index (Phi) is 4.65. The molecule has 0 fully saturated rings. The second-order valence-electron chi connectivity index (χ2n) is 5.31. The van der Waals surface area contributed by atoms with Crippen molar-refractivity contribution in [2.24, 2.45) is 5.92 Å². The topological polar surface area (TPSA) is 24.9 Å². The fourth-order valence-corrected chi connectivity index (χ4v) is 2.51. The minimum absolute atomic E-state index is 0.455. The Morgan fingerprint density at radius 1 is 1.26 bits per heavy atom. The van der Waals surface area contributed by atoms with Crippen LogP contribution in [-0.2, 0) is 0 Å². The van der Waals surface area contributed by atoms with Gasteiger partial charge in [-0.1, -0.05) is 31.9 Å². The number of nitrogens with one attached hydrogen (secondary N) is 1. The summed E-state index contributed by atoms with van der Waals surface area (Å²) in [6, 6.07) is 8.33. The average Bonchev–Trinajstić information content (AvgIpc) is 2.38. The van der Waals surface area contributed by atoms with Crippen molar-refractivity contribution in [3.05, 3.63) is 35.5 Å². The van der Waals surface area contributed by atoms with Gasteiger partial charge in [-0.05, 0) is 43.5 Å². The van der Waals surface area contributed by atoms with Gasteiger partial charge in [0.2, 0.25) is 0 Å². The highest BCUT2D eigenvalue weighted by Crippen LogP contribution is 2.25. The Morgan fingerprint density at radius 2 is 2.05 bits per heavy atom. The van der Waals surface area contributed by atoms with E-state index in [2.05, 4.69) is 31.1 Å². The molecule has 1 aromatic heterocycles. The monoisotopic (exact) mass is 276 g/mol. The fraction of sp³-hybridized carbons (Fsp3) is 0.438. The van der Waals surface area contributed by atoms with Gasteiger partial charge in [0.05, 0.1) is 5.52 Å². The molecular weight excluding hydrogens is 256 g/mol. The number of hydrogen-bond acceptors (Lipinski definition) is 2. The number of nitrogens with zero attached hydrogens (tertiary/aromatic N) is 1. The molecule has 0 aliphatic carbocycles. The van der Waals surface area contributed by atoms with Crippen LogP contribution in [0.4, 0.5) is 5.69 Å². The minimum atomic E-state index is 0.455. The highest BCUT2D eigenvalue weighted by atomic mass is 35.5. The number of rotatable bonds is 5.